The van der Waals surface area contributed by atoms with Crippen LogP contribution in [0.15, 0.2) is 53.9 Å². The lowest BCUT2D eigenvalue weighted by molar-refractivity contribution is -0.118. The number of nitrogens with zero attached hydrogens (tertiary/aromatic N) is 3. The Morgan fingerprint density at radius 2 is 1.79 bits per heavy atom. The van der Waals surface area contributed by atoms with Crippen molar-refractivity contribution >= 4 is 17.7 Å². The first-order valence-electron chi connectivity index (χ1n) is 11.3. The fraction of sp³-hybridized carbons (Fsp3) is 0.400. The van der Waals surface area contributed by atoms with Gasteiger partial charge in [-0.05, 0) is 61.6 Å². The highest BCUT2D eigenvalue weighted by molar-refractivity contribution is 7.99. The van der Waals surface area contributed by atoms with E-state index in [2.05, 4.69) is 53.6 Å². The number of amides is 1. The molecule has 1 amide bonds. The van der Waals surface area contributed by atoms with Gasteiger partial charge in [0.15, 0.2) is 16.7 Å². The van der Waals surface area contributed by atoms with Crippen LogP contribution in [0.2, 0.25) is 0 Å². The molecule has 3 aromatic rings. The highest BCUT2D eigenvalue weighted by Crippen LogP contribution is 2.28. The Labute approximate surface area is 199 Å². The van der Waals surface area contributed by atoms with Gasteiger partial charge in [0.05, 0.1) is 19.0 Å². The van der Waals surface area contributed by atoms with E-state index in [-0.39, 0.29) is 11.7 Å². The minimum Gasteiger partial charge on any atom is -0.490 e. The third-order valence-electron chi connectivity index (χ3n) is 5.03. The molecule has 0 atom stereocenters. The van der Waals surface area contributed by atoms with Crippen LogP contribution in [-0.4, -0.2) is 46.2 Å². The number of carbonyl (C=O) groups is 1. The van der Waals surface area contributed by atoms with Crippen LogP contribution in [0.3, 0.4) is 0 Å². The first-order chi connectivity index (χ1) is 16.0. The lowest BCUT2D eigenvalue weighted by atomic mass is 10.0. The molecule has 0 radical (unpaired) electrons. The van der Waals surface area contributed by atoms with E-state index in [0.717, 1.165) is 22.7 Å². The van der Waals surface area contributed by atoms with Crippen LogP contribution in [0.1, 0.15) is 44.7 Å². The summed E-state index contributed by atoms with van der Waals surface area (Å²) in [6.45, 7) is 9.93. The Morgan fingerprint density at radius 3 is 2.48 bits per heavy atom. The van der Waals surface area contributed by atoms with Crippen molar-refractivity contribution in [3.63, 3.8) is 0 Å². The molecule has 2 aromatic carbocycles. The summed E-state index contributed by atoms with van der Waals surface area (Å²) in [5.74, 6) is 2.19. The summed E-state index contributed by atoms with van der Waals surface area (Å²) in [6.07, 6.45) is 2.38. The maximum Gasteiger partial charge on any atom is 0.230 e. The zero-order valence-electron chi connectivity index (χ0n) is 19.7. The summed E-state index contributed by atoms with van der Waals surface area (Å²) >= 11 is 1.37. The first-order valence-corrected chi connectivity index (χ1v) is 12.3. The number of benzene rings is 2. The molecule has 0 aliphatic heterocycles. The van der Waals surface area contributed by atoms with Gasteiger partial charge in [-0.3, -0.25) is 9.36 Å². The summed E-state index contributed by atoms with van der Waals surface area (Å²) in [6, 6.07) is 14.2. The predicted molar refractivity (Wildman–Crippen MR) is 132 cm³/mol. The number of hydrogen-bond acceptors (Lipinski definition) is 6. The molecule has 0 bridgehead atoms. The second kappa shape index (κ2) is 12.3. The van der Waals surface area contributed by atoms with E-state index >= 15 is 0 Å². The van der Waals surface area contributed by atoms with Crippen LogP contribution in [-0.2, 0) is 11.2 Å². The van der Waals surface area contributed by atoms with Crippen molar-refractivity contribution in [1.82, 2.24) is 20.1 Å². The van der Waals surface area contributed by atoms with Gasteiger partial charge in [0, 0.05) is 12.2 Å². The topological polar surface area (TPSA) is 78.3 Å². The van der Waals surface area contributed by atoms with E-state index in [4.69, 9.17) is 9.47 Å². The second-order valence-corrected chi connectivity index (χ2v) is 8.71. The Morgan fingerprint density at radius 1 is 1.06 bits per heavy atom. The average Bonchev–Trinajstić information content (AvgIpc) is 3.28. The van der Waals surface area contributed by atoms with Gasteiger partial charge < -0.3 is 14.8 Å². The molecule has 8 heteroatoms. The summed E-state index contributed by atoms with van der Waals surface area (Å²) < 4.78 is 13.2. The van der Waals surface area contributed by atoms with E-state index in [1.54, 1.807) is 6.33 Å². The van der Waals surface area contributed by atoms with Crippen molar-refractivity contribution < 1.29 is 14.3 Å². The third kappa shape index (κ3) is 6.99. The summed E-state index contributed by atoms with van der Waals surface area (Å²) in [5.41, 5.74) is 3.34. The van der Waals surface area contributed by atoms with Crippen molar-refractivity contribution in [2.75, 3.05) is 25.5 Å². The molecule has 1 heterocycles. The normalized spacial score (nSPS) is 10.9. The monoisotopic (exact) mass is 468 g/mol. The highest BCUT2D eigenvalue weighted by Gasteiger charge is 2.11. The molecule has 0 aliphatic carbocycles. The molecule has 0 saturated carbocycles. The smallest absolute Gasteiger partial charge is 0.230 e. The quantitative estimate of drug-likeness (QED) is 0.390. The Balaban J connectivity index is 1.50. The van der Waals surface area contributed by atoms with Gasteiger partial charge >= 0.3 is 0 Å². The van der Waals surface area contributed by atoms with Crippen LogP contribution in [0.25, 0.3) is 5.69 Å². The van der Waals surface area contributed by atoms with E-state index in [1.807, 2.05) is 36.6 Å². The first kappa shape index (κ1) is 24.6. The molecular formula is C25H32N4O3S. The molecule has 3 rings (SSSR count). The summed E-state index contributed by atoms with van der Waals surface area (Å²) in [7, 11) is 0. The van der Waals surface area contributed by atoms with Gasteiger partial charge in [-0.15, -0.1) is 10.2 Å². The fourth-order valence-corrected chi connectivity index (χ4v) is 4.06. The molecule has 0 saturated heterocycles. The fourth-order valence-electron chi connectivity index (χ4n) is 3.30. The summed E-state index contributed by atoms with van der Waals surface area (Å²) in [5, 5.41) is 11.9. The van der Waals surface area contributed by atoms with E-state index in [9.17, 15) is 4.79 Å². The molecular weight excluding hydrogens is 436 g/mol. The Bertz CT molecular complexity index is 1030. The van der Waals surface area contributed by atoms with Crippen LogP contribution < -0.4 is 14.8 Å². The maximum atomic E-state index is 12.4. The molecule has 176 valence electrons. The zero-order chi connectivity index (χ0) is 23.6. The van der Waals surface area contributed by atoms with E-state index in [0.29, 0.717) is 37.3 Å². The lowest BCUT2D eigenvalue weighted by Gasteiger charge is -2.12. The van der Waals surface area contributed by atoms with Crippen molar-refractivity contribution in [3.8, 4) is 17.2 Å². The Kier molecular flexibility index (Phi) is 9.18. The molecule has 0 fully saturated rings. The molecule has 0 aliphatic rings. The highest BCUT2D eigenvalue weighted by atomic mass is 32.2. The number of nitrogens with one attached hydrogen (secondary N) is 1. The van der Waals surface area contributed by atoms with Gasteiger partial charge in [-0.1, -0.05) is 43.8 Å². The minimum atomic E-state index is -0.0410. The number of carbonyl (C=O) groups excluding carboxylic acids is 1. The average molecular weight is 469 g/mol. The molecule has 0 unspecified atom stereocenters. The molecule has 7 nitrogen and oxygen atoms in total. The van der Waals surface area contributed by atoms with E-state index < -0.39 is 0 Å². The van der Waals surface area contributed by atoms with Crippen molar-refractivity contribution in [2.24, 2.45) is 0 Å². The van der Waals surface area contributed by atoms with Gasteiger partial charge in [-0.2, -0.15) is 0 Å². The number of ether oxygens (including phenoxy) is 2. The van der Waals surface area contributed by atoms with Crippen molar-refractivity contribution in [3.05, 3.63) is 59.9 Å². The number of aromatic nitrogens is 3. The van der Waals surface area contributed by atoms with Crippen LogP contribution in [0.5, 0.6) is 11.5 Å². The Hall–Kier alpha value is -3.00. The summed E-state index contributed by atoms with van der Waals surface area (Å²) in [4.78, 5) is 12.4. The van der Waals surface area contributed by atoms with Gasteiger partial charge in [0.2, 0.25) is 5.91 Å². The van der Waals surface area contributed by atoms with Crippen LogP contribution >= 0.6 is 11.8 Å². The molecule has 33 heavy (non-hydrogen) atoms. The molecule has 1 N–H and O–H groups in total. The SMILES string of the molecule is CCOc1ccc(CCNC(=O)CSc2nncn2-c2ccc(C(C)C)cc2)cc1OCC. The third-order valence-corrected chi connectivity index (χ3v) is 5.97. The van der Waals surface area contributed by atoms with Crippen molar-refractivity contribution in [1.29, 1.82) is 0 Å². The largest absolute Gasteiger partial charge is 0.490 e. The van der Waals surface area contributed by atoms with Gasteiger partial charge in [0.1, 0.15) is 6.33 Å². The molecule has 0 spiro atoms. The molecule has 1 aromatic heterocycles. The van der Waals surface area contributed by atoms with Gasteiger partial charge in [-0.25, -0.2) is 0 Å². The predicted octanol–water partition coefficient (Wildman–Crippen LogP) is 4.64. The van der Waals surface area contributed by atoms with Gasteiger partial charge in [0.25, 0.3) is 0 Å². The number of hydrogen-bond donors (Lipinski definition) is 1. The van der Waals surface area contributed by atoms with Crippen molar-refractivity contribution in [2.45, 2.75) is 45.2 Å². The maximum absolute atomic E-state index is 12.4. The van der Waals surface area contributed by atoms with Crippen LogP contribution in [0.4, 0.5) is 0 Å². The minimum absolute atomic E-state index is 0.0410. The zero-order valence-corrected chi connectivity index (χ0v) is 20.5. The lowest BCUT2D eigenvalue weighted by Crippen LogP contribution is -2.27. The van der Waals surface area contributed by atoms with Crippen LogP contribution in [0, 0.1) is 0 Å². The number of thioether (sulfide) groups is 1. The standard InChI is InChI=1S/C25H32N4O3S/c1-5-31-22-12-7-19(15-23(22)32-6-2)13-14-26-24(30)16-33-25-28-27-17-29(25)21-10-8-20(9-11-21)18(3)4/h7-12,15,17-18H,5-6,13-14,16H2,1-4H3,(H,26,30). The van der Waals surface area contributed by atoms with E-state index in [1.165, 1.54) is 17.3 Å². The second-order valence-electron chi connectivity index (χ2n) is 7.77. The number of rotatable bonds is 12.